The molecule has 1 aromatic carbocycles. The number of hydrogen-bond acceptors (Lipinski definition) is 4. The average Bonchev–Trinajstić information content (AvgIpc) is 3.24. The van der Waals surface area contributed by atoms with E-state index in [9.17, 15) is 4.79 Å². The highest BCUT2D eigenvalue weighted by Gasteiger charge is 2.25. The molecule has 2 aliphatic carbocycles. The van der Waals surface area contributed by atoms with E-state index in [2.05, 4.69) is 27.5 Å². The lowest BCUT2D eigenvalue weighted by Gasteiger charge is -2.12. The molecule has 1 saturated carbocycles. The molecule has 2 aliphatic rings. The van der Waals surface area contributed by atoms with Crippen molar-refractivity contribution in [3.63, 3.8) is 0 Å². The lowest BCUT2D eigenvalue weighted by Crippen LogP contribution is -2.36. The van der Waals surface area contributed by atoms with Gasteiger partial charge in [0, 0.05) is 18.3 Å². The molecule has 1 N–H and O–H groups in total. The number of hydrogen-bond donors (Lipinski definition) is 1. The molecule has 6 nitrogen and oxygen atoms in total. The molecule has 132 valence electrons. The number of nitrogens with zero attached hydrogens (tertiary/aromatic N) is 3. The van der Waals surface area contributed by atoms with E-state index in [0.717, 1.165) is 12.8 Å². The number of amides is 1. The molecule has 3 aromatic rings. The highest BCUT2D eigenvalue weighted by Crippen LogP contribution is 2.29. The maximum absolute atomic E-state index is 12.8. The maximum atomic E-state index is 12.8. The monoisotopic (exact) mass is 348 g/mol. The van der Waals surface area contributed by atoms with Gasteiger partial charge in [-0.25, -0.2) is 9.50 Å². The summed E-state index contributed by atoms with van der Waals surface area (Å²) in [4.78, 5) is 17.1. The molecule has 26 heavy (non-hydrogen) atoms. The van der Waals surface area contributed by atoms with Gasteiger partial charge in [-0.15, -0.1) is 5.10 Å². The number of aromatic nitrogens is 3. The van der Waals surface area contributed by atoms with E-state index < -0.39 is 0 Å². The van der Waals surface area contributed by atoms with Crippen LogP contribution in [0.3, 0.4) is 0 Å². The van der Waals surface area contributed by atoms with Crippen LogP contribution in [0.2, 0.25) is 0 Å². The Morgan fingerprint density at radius 1 is 1.19 bits per heavy atom. The number of nitrogens with one attached hydrogen (secondary N) is 1. The van der Waals surface area contributed by atoms with E-state index >= 15 is 0 Å². The zero-order valence-corrected chi connectivity index (χ0v) is 14.4. The van der Waals surface area contributed by atoms with Crippen molar-refractivity contribution in [2.24, 2.45) is 5.92 Å². The summed E-state index contributed by atoms with van der Waals surface area (Å²) in [6.07, 6.45) is 5.82. The van der Waals surface area contributed by atoms with Gasteiger partial charge in [-0.05, 0) is 48.8 Å². The van der Waals surface area contributed by atoms with Crippen LogP contribution in [-0.2, 0) is 12.8 Å². The molecule has 6 heteroatoms. The SMILES string of the molecule is O=C(NC1Cc2ccccc2C1)c1ccnc2cc(OCC3CC3)nn12. The molecule has 0 spiro atoms. The summed E-state index contributed by atoms with van der Waals surface area (Å²) in [6.45, 7) is 0.686. The standard InChI is InChI=1S/C20H20N4O2/c25-20(22-16-9-14-3-1-2-4-15(14)10-16)17-7-8-21-18-11-19(23-24(17)18)26-12-13-5-6-13/h1-4,7-8,11,13,16H,5-6,9-10,12H2,(H,22,25). The van der Waals surface area contributed by atoms with Gasteiger partial charge in [0.15, 0.2) is 5.65 Å². The molecule has 0 atom stereocenters. The second-order valence-electron chi connectivity index (χ2n) is 7.18. The second kappa shape index (κ2) is 6.12. The minimum atomic E-state index is -0.132. The number of carbonyl (C=O) groups excluding carboxylic acids is 1. The highest BCUT2D eigenvalue weighted by atomic mass is 16.5. The van der Waals surface area contributed by atoms with Crippen molar-refractivity contribution in [2.75, 3.05) is 6.61 Å². The van der Waals surface area contributed by atoms with Gasteiger partial charge in [-0.3, -0.25) is 4.79 Å². The van der Waals surface area contributed by atoms with Crippen LogP contribution in [0, 0.1) is 5.92 Å². The topological polar surface area (TPSA) is 68.5 Å². The van der Waals surface area contributed by atoms with E-state index in [1.165, 1.54) is 24.0 Å². The van der Waals surface area contributed by atoms with Gasteiger partial charge < -0.3 is 10.1 Å². The molecular weight excluding hydrogens is 328 g/mol. The lowest BCUT2D eigenvalue weighted by molar-refractivity contribution is 0.0930. The smallest absolute Gasteiger partial charge is 0.270 e. The Morgan fingerprint density at radius 2 is 1.96 bits per heavy atom. The van der Waals surface area contributed by atoms with Crippen LogP contribution in [0.15, 0.2) is 42.6 Å². The van der Waals surface area contributed by atoms with E-state index in [1.54, 1.807) is 22.8 Å². The molecule has 1 fully saturated rings. The van der Waals surface area contributed by atoms with E-state index in [1.807, 2.05) is 12.1 Å². The quantitative estimate of drug-likeness (QED) is 0.769. The van der Waals surface area contributed by atoms with Crippen LogP contribution in [0.1, 0.15) is 34.5 Å². The third kappa shape index (κ3) is 2.92. The van der Waals surface area contributed by atoms with Gasteiger partial charge in [0.2, 0.25) is 5.88 Å². The summed E-state index contributed by atoms with van der Waals surface area (Å²) in [5.74, 6) is 1.05. The Balaban J connectivity index is 1.34. The highest BCUT2D eigenvalue weighted by molar-refractivity contribution is 5.93. The summed E-state index contributed by atoms with van der Waals surface area (Å²) in [5.41, 5.74) is 3.73. The van der Waals surface area contributed by atoms with Gasteiger partial charge in [0.1, 0.15) is 5.69 Å². The predicted molar refractivity (Wildman–Crippen MR) is 96.3 cm³/mol. The number of fused-ring (bicyclic) bond motifs is 2. The maximum Gasteiger partial charge on any atom is 0.270 e. The largest absolute Gasteiger partial charge is 0.476 e. The molecule has 2 heterocycles. The first-order chi connectivity index (χ1) is 12.8. The third-order valence-corrected chi connectivity index (χ3v) is 5.12. The minimum Gasteiger partial charge on any atom is -0.476 e. The van der Waals surface area contributed by atoms with E-state index in [-0.39, 0.29) is 11.9 Å². The van der Waals surface area contributed by atoms with Crippen LogP contribution in [0.25, 0.3) is 5.65 Å². The zero-order chi connectivity index (χ0) is 17.5. The average molecular weight is 348 g/mol. The van der Waals surface area contributed by atoms with Crippen LogP contribution in [-0.4, -0.2) is 33.2 Å². The summed E-state index contributed by atoms with van der Waals surface area (Å²) in [5, 5.41) is 7.55. The normalized spacial score (nSPS) is 16.6. The predicted octanol–water partition coefficient (Wildman–Crippen LogP) is 2.42. The van der Waals surface area contributed by atoms with Crippen LogP contribution in [0.5, 0.6) is 5.88 Å². The van der Waals surface area contributed by atoms with Gasteiger partial charge in [-0.1, -0.05) is 24.3 Å². The van der Waals surface area contributed by atoms with Gasteiger partial charge in [-0.2, -0.15) is 0 Å². The number of rotatable bonds is 5. The summed E-state index contributed by atoms with van der Waals surface area (Å²) in [6, 6.07) is 11.9. The molecule has 0 aliphatic heterocycles. The fourth-order valence-electron chi connectivity index (χ4n) is 3.52. The van der Waals surface area contributed by atoms with Crippen LogP contribution >= 0.6 is 0 Å². The molecule has 0 radical (unpaired) electrons. The van der Waals surface area contributed by atoms with E-state index in [4.69, 9.17) is 4.74 Å². The van der Waals surface area contributed by atoms with Crippen molar-refractivity contribution >= 4 is 11.6 Å². The molecule has 0 bridgehead atoms. The van der Waals surface area contributed by atoms with Gasteiger partial charge in [0.25, 0.3) is 5.91 Å². The fourth-order valence-corrected chi connectivity index (χ4v) is 3.52. The first kappa shape index (κ1) is 15.4. The van der Waals surface area contributed by atoms with Crippen molar-refractivity contribution in [1.82, 2.24) is 19.9 Å². The Labute approximate surface area is 151 Å². The molecule has 1 amide bonds. The van der Waals surface area contributed by atoms with E-state index in [0.29, 0.717) is 29.7 Å². The summed E-state index contributed by atoms with van der Waals surface area (Å²) < 4.78 is 7.29. The van der Waals surface area contributed by atoms with Crippen molar-refractivity contribution in [3.05, 3.63) is 59.4 Å². The van der Waals surface area contributed by atoms with Crippen molar-refractivity contribution in [3.8, 4) is 5.88 Å². The van der Waals surface area contributed by atoms with Crippen molar-refractivity contribution in [2.45, 2.75) is 31.7 Å². The Morgan fingerprint density at radius 3 is 2.69 bits per heavy atom. The summed E-state index contributed by atoms with van der Waals surface area (Å²) in [7, 11) is 0. The zero-order valence-electron chi connectivity index (χ0n) is 14.4. The fraction of sp³-hybridized carbons (Fsp3) is 0.350. The molecular formula is C20H20N4O2. The Hall–Kier alpha value is -2.89. The van der Waals surface area contributed by atoms with Gasteiger partial charge >= 0.3 is 0 Å². The molecule has 5 rings (SSSR count). The Bertz CT molecular complexity index is 952. The van der Waals surface area contributed by atoms with Gasteiger partial charge in [0.05, 0.1) is 6.61 Å². The lowest BCUT2D eigenvalue weighted by atomic mass is 10.1. The second-order valence-corrected chi connectivity index (χ2v) is 7.18. The first-order valence-electron chi connectivity index (χ1n) is 9.11. The van der Waals surface area contributed by atoms with Crippen molar-refractivity contribution < 1.29 is 9.53 Å². The van der Waals surface area contributed by atoms with Crippen LogP contribution in [0.4, 0.5) is 0 Å². The third-order valence-electron chi connectivity index (χ3n) is 5.12. The Kier molecular flexibility index (Phi) is 3.62. The number of ether oxygens (including phenoxy) is 1. The molecule has 0 unspecified atom stereocenters. The number of benzene rings is 1. The summed E-state index contributed by atoms with van der Waals surface area (Å²) >= 11 is 0. The first-order valence-corrected chi connectivity index (χ1v) is 9.11. The van der Waals surface area contributed by atoms with Crippen LogP contribution < -0.4 is 10.1 Å². The number of carbonyl (C=O) groups is 1. The minimum absolute atomic E-state index is 0.115. The molecule has 2 aromatic heterocycles. The molecule has 0 saturated heterocycles. The van der Waals surface area contributed by atoms with Crippen molar-refractivity contribution in [1.29, 1.82) is 0 Å².